The largest absolute Gasteiger partial charge is 0.378 e. The lowest BCUT2D eigenvalue weighted by atomic mass is 9.90. The number of carbonyl (C=O) groups excluding carboxylic acids is 1. The van der Waals surface area contributed by atoms with Crippen molar-refractivity contribution in [3.63, 3.8) is 0 Å². The van der Waals surface area contributed by atoms with E-state index in [2.05, 4.69) is 23.3 Å². The van der Waals surface area contributed by atoms with Crippen LogP contribution in [0.4, 0.5) is 0 Å². The molecule has 4 rings (SSSR count). The number of ether oxygens (including phenoxy) is 1. The fourth-order valence-electron chi connectivity index (χ4n) is 4.11. The lowest BCUT2D eigenvalue weighted by molar-refractivity contribution is -0.0670. The summed E-state index contributed by atoms with van der Waals surface area (Å²) in [6, 6.07) is 10.8. The second-order valence-electron chi connectivity index (χ2n) is 7.00. The number of amides is 1. The van der Waals surface area contributed by atoms with E-state index >= 15 is 0 Å². The number of morpholine rings is 1. The number of carbonyl (C=O) groups is 1. The summed E-state index contributed by atoms with van der Waals surface area (Å²) >= 11 is 0. The summed E-state index contributed by atoms with van der Waals surface area (Å²) in [5, 5.41) is 13.1. The van der Waals surface area contributed by atoms with Crippen LogP contribution in [-0.2, 0) is 11.3 Å². The molecule has 1 aromatic carbocycles. The molecule has 1 unspecified atom stereocenters. The molecule has 130 valence electrons. The fraction of sp³-hybridized carbons (Fsp3) is 0.474. The summed E-state index contributed by atoms with van der Waals surface area (Å²) in [5.74, 6) is -0.0542. The van der Waals surface area contributed by atoms with E-state index in [1.807, 2.05) is 28.8 Å². The minimum Gasteiger partial charge on any atom is -0.378 e. The van der Waals surface area contributed by atoms with Crippen LogP contribution in [0, 0.1) is 11.3 Å². The Hall–Kier alpha value is -2.36. The van der Waals surface area contributed by atoms with Gasteiger partial charge in [0.15, 0.2) is 0 Å². The van der Waals surface area contributed by atoms with Crippen LogP contribution >= 0.6 is 0 Å². The molecule has 1 aromatic heterocycles. The second-order valence-corrected chi connectivity index (χ2v) is 7.00. The van der Waals surface area contributed by atoms with E-state index in [1.165, 1.54) is 0 Å². The van der Waals surface area contributed by atoms with E-state index in [-0.39, 0.29) is 18.5 Å². The van der Waals surface area contributed by atoms with Crippen molar-refractivity contribution >= 4 is 16.8 Å². The Morgan fingerprint density at radius 3 is 2.76 bits per heavy atom. The molecule has 6 nitrogen and oxygen atoms in total. The zero-order valence-corrected chi connectivity index (χ0v) is 14.3. The van der Waals surface area contributed by atoms with Crippen LogP contribution in [0.25, 0.3) is 10.9 Å². The molecule has 2 fully saturated rings. The average molecular weight is 338 g/mol. The third-order valence-electron chi connectivity index (χ3n) is 5.50. The zero-order chi connectivity index (χ0) is 17.4. The quantitative estimate of drug-likeness (QED) is 0.926. The number of hydrogen-bond acceptors (Lipinski definition) is 4. The molecular formula is C19H22N4O2. The van der Waals surface area contributed by atoms with Gasteiger partial charge >= 0.3 is 0 Å². The highest BCUT2D eigenvalue weighted by molar-refractivity contribution is 6.07. The first kappa shape index (κ1) is 16.1. The van der Waals surface area contributed by atoms with Gasteiger partial charge in [-0.05, 0) is 26.0 Å². The van der Waals surface area contributed by atoms with Gasteiger partial charge in [-0.25, -0.2) is 0 Å². The van der Waals surface area contributed by atoms with Crippen molar-refractivity contribution in [3.8, 4) is 6.07 Å². The molecule has 25 heavy (non-hydrogen) atoms. The van der Waals surface area contributed by atoms with Crippen molar-refractivity contribution in [3.05, 3.63) is 36.0 Å². The number of aromatic nitrogens is 1. The van der Waals surface area contributed by atoms with Crippen LogP contribution < -0.4 is 5.32 Å². The van der Waals surface area contributed by atoms with Gasteiger partial charge in [0.1, 0.15) is 6.54 Å². The van der Waals surface area contributed by atoms with Crippen LogP contribution in [0.5, 0.6) is 0 Å². The first-order valence-electron chi connectivity index (χ1n) is 8.72. The van der Waals surface area contributed by atoms with Gasteiger partial charge in [0.2, 0.25) is 0 Å². The van der Waals surface area contributed by atoms with Crippen LogP contribution in [0.3, 0.4) is 0 Å². The summed E-state index contributed by atoms with van der Waals surface area (Å²) in [5.41, 5.74) is 1.56. The van der Waals surface area contributed by atoms with Crippen molar-refractivity contribution in [1.29, 1.82) is 5.26 Å². The first-order valence-corrected chi connectivity index (χ1v) is 8.72. The molecule has 3 heterocycles. The van der Waals surface area contributed by atoms with E-state index < -0.39 is 0 Å². The molecule has 0 saturated carbocycles. The first-order chi connectivity index (χ1) is 12.2. The number of fused-ring (bicyclic) bond motifs is 3. The van der Waals surface area contributed by atoms with Gasteiger partial charge in [-0.3, -0.25) is 9.69 Å². The van der Waals surface area contributed by atoms with Crippen LogP contribution in [0.2, 0.25) is 0 Å². The topological polar surface area (TPSA) is 70.3 Å². The molecule has 1 N–H and O–H groups in total. The van der Waals surface area contributed by atoms with Crippen molar-refractivity contribution in [2.24, 2.45) is 0 Å². The summed E-state index contributed by atoms with van der Waals surface area (Å²) in [7, 11) is 2.14. The number of likely N-dealkylation sites (N-methyl/N-ethyl adjacent to an activating group) is 1. The number of nitrogens with zero attached hydrogens (tertiary/aromatic N) is 3. The number of para-hydroxylation sites is 1. The Kier molecular flexibility index (Phi) is 4.20. The molecule has 2 saturated heterocycles. The van der Waals surface area contributed by atoms with E-state index in [9.17, 15) is 4.79 Å². The summed E-state index contributed by atoms with van der Waals surface area (Å²) in [6.07, 6.45) is 3.62. The number of benzene rings is 1. The summed E-state index contributed by atoms with van der Waals surface area (Å²) in [4.78, 5) is 15.3. The Bertz CT molecular complexity index is 824. The summed E-state index contributed by atoms with van der Waals surface area (Å²) in [6.45, 7) is 1.71. The maximum absolute atomic E-state index is 12.9. The van der Waals surface area contributed by atoms with Gasteiger partial charge < -0.3 is 14.6 Å². The van der Waals surface area contributed by atoms with Crippen molar-refractivity contribution in [2.75, 3.05) is 20.3 Å². The Labute approximate surface area is 147 Å². The van der Waals surface area contributed by atoms with E-state index in [0.29, 0.717) is 17.6 Å². The SMILES string of the molecule is CN1[C@@H]2COC[C@H]1CC(NC(=O)c1cn(CC#N)c3ccccc13)C2. The minimum atomic E-state index is -0.0542. The van der Waals surface area contributed by atoms with Crippen LogP contribution in [0.1, 0.15) is 23.2 Å². The highest BCUT2D eigenvalue weighted by atomic mass is 16.5. The third-order valence-corrected chi connectivity index (χ3v) is 5.50. The highest BCUT2D eigenvalue weighted by Gasteiger charge is 2.37. The lowest BCUT2D eigenvalue weighted by Crippen LogP contribution is -2.59. The molecule has 0 spiro atoms. The highest BCUT2D eigenvalue weighted by Crippen LogP contribution is 2.27. The van der Waals surface area contributed by atoms with E-state index in [1.54, 1.807) is 6.20 Å². The average Bonchev–Trinajstić information content (AvgIpc) is 2.95. The molecule has 3 atom stereocenters. The maximum atomic E-state index is 12.9. The van der Waals surface area contributed by atoms with Gasteiger partial charge in [-0.2, -0.15) is 5.26 Å². The van der Waals surface area contributed by atoms with Crippen LogP contribution in [0.15, 0.2) is 30.5 Å². The zero-order valence-electron chi connectivity index (χ0n) is 14.3. The van der Waals surface area contributed by atoms with Gasteiger partial charge in [-0.15, -0.1) is 0 Å². The normalized spacial score (nSPS) is 26.3. The molecule has 2 aromatic rings. The molecule has 2 aliphatic heterocycles. The molecule has 6 heteroatoms. The Balaban J connectivity index is 1.56. The standard InChI is InChI=1S/C19H22N4O2/c1-22-14-8-13(9-15(22)12-25-11-14)21-19(24)17-10-23(7-6-20)18-5-3-2-4-16(17)18/h2-5,10,13-15H,7-9,11-12H2,1H3,(H,21,24)/t13?,14-,15+. The number of piperidine rings is 1. The predicted octanol–water partition coefficient (Wildman–Crippen LogP) is 1.76. The fourth-order valence-corrected chi connectivity index (χ4v) is 4.11. The lowest BCUT2D eigenvalue weighted by Gasteiger charge is -2.46. The van der Waals surface area contributed by atoms with E-state index in [4.69, 9.17) is 10.00 Å². The predicted molar refractivity (Wildman–Crippen MR) is 94.2 cm³/mol. The third kappa shape index (κ3) is 2.90. The number of rotatable bonds is 3. The van der Waals surface area contributed by atoms with Gasteiger partial charge in [0.05, 0.1) is 24.8 Å². The van der Waals surface area contributed by atoms with Crippen LogP contribution in [-0.4, -0.2) is 53.8 Å². The van der Waals surface area contributed by atoms with Crippen molar-refractivity contribution < 1.29 is 9.53 Å². The molecule has 0 radical (unpaired) electrons. The molecule has 0 aliphatic carbocycles. The van der Waals surface area contributed by atoms with Gasteiger partial charge in [-0.1, -0.05) is 18.2 Å². The molecule has 2 aliphatic rings. The van der Waals surface area contributed by atoms with Gasteiger partial charge in [0, 0.05) is 35.2 Å². The van der Waals surface area contributed by atoms with E-state index in [0.717, 1.165) is 37.0 Å². The Morgan fingerprint density at radius 2 is 2.04 bits per heavy atom. The van der Waals surface area contributed by atoms with Crippen molar-refractivity contribution in [1.82, 2.24) is 14.8 Å². The maximum Gasteiger partial charge on any atom is 0.253 e. The molecule has 1 amide bonds. The van der Waals surface area contributed by atoms with Gasteiger partial charge in [0.25, 0.3) is 5.91 Å². The minimum absolute atomic E-state index is 0.0542. The molecule has 2 bridgehead atoms. The monoisotopic (exact) mass is 338 g/mol. The number of nitriles is 1. The molecular weight excluding hydrogens is 316 g/mol. The second kappa shape index (κ2) is 6.51. The Morgan fingerprint density at radius 1 is 1.32 bits per heavy atom. The summed E-state index contributed by atoms with van der Waals surface area (Å²) < 4.78 is 7.48. The smallest absolute Gasteiger partial charge is 0.253 e. The number of nitrogens with one attached hydrogen (secondary N) is 1. The van der Waals surface area contributed by atoms with Crippen molar-refractivity contribution in [2.45, 2.75) is 37.5 Å². The number of hydrogen-bond donors (Lipinski definition) is 1.